The number of carbonyl (C=O) groups is 1. The smallest absolute Gasteiger partial charge is 0.236 e. The largest absolute Gasteiger partial charge is 0.339 e. The first-order valence-electron chi connectivity index (χ1n) is 6.40. The van der Waals surface area contributed by atoms with Gasteiger partial charge in [-0.2, -0.15) is 0 Å². The summed E-state index contributed by atoms with van der Waals surface area (Å²) in [5, 5.41) is 0. The molecule has 0 saturated heterocycles. The maximum atomic E-state index is 11.7. The Morgan fingerprint density at radius 1 is 1.00 bits per heavy atom. The molecule has 0 radical (unpaired) electrons. The van der Waals surface area contributed by atoms with E-state index < -0.39 is 0 Å². The maximum absolute atomic E-state index is 11.7. The Morgan fingerprint density at radius 2 is 1.53 bits per heavy atom. The van der Waals surface area contributed by atoms with E-state index in [0.29, 0.717) is 0 Å². The highest BCUT2D eigenvalue weighted by molar-refractivity contribution is 5.78. The summed E-state index contributed by atoms with van der Waals surface area (Å²) in [6.45, 7) is 9.75. The van der Waals surface area contributed by atoms with Crippen molar-refractivity contribution in [3.8, 4) is 0 Å². The summed E-state index contributed by atoms with van der Waals surface area (Å²) in [5.41, 5.74) is 5.43. The van der Waals surface area contributed by atoms with Gasteiger partial charge in [-0.3, -0.25) is 4.79 Å². The van der Waals surface area contributed by atoms with Gasteiger partial charge in [0.05, 0.1) is 6.54 Å². The molecule has 0 aliphatic rings. The van der Waals surface area contributed by atoms with Crippen LogP contribution in [-0.4, -0.2) is 80.5 Å². The van der Waals surface area contributed by atoms with E-state index in [9.17, 15) is 4.79 Å². The molecule has 0 spiro atoms. The second-order valence-electron chi connectivity index (χ2n) is 4.42. The third-order valence-corrected chi connectivity index (χ3v) is 2.93. The molecule has 2 N–H and O–H groups in total. The standard InChI is InChI=1S/C12H28N4O/c1-5-15(6-2)8-10-16(12(17)11-13)9-7-14(3)4/h5-11,13H2,1-4H3. The average molecular weight is 244 g/mol. The van der Waals surface area contributed by atoms with E-state index in [4.69, 9.17) is 5.73 Å². The van der Waals surface area contributed by atoms with Crippen molar-refractivity contribution in [3.63, 3.8) is 0 Å². The van der Waals surface area contributed by atoms with Gasteiger partial charge in [0, 0.05) is 26.2 Å². The van der Waals surface area contributed by atoms with E-state index in [0.717, 1.165) is 39.3 Å². The van der Waals surface area contributed by atoms with Crippen LogP contribution in [0.5, 0.6) is 0 Å². The Labute approximate surface area is 106 Å². The molecule has 0 bridgehead atoms. The molecule has 102 valence electrons. The van der Waals surface area contributed by atoms with Gasteiger partial charge in [-0.1, -0.05) is 13.8 Å². The molecule has 0 unspecified atom stereocenters. The first kappa shape index (κ1) is 16.4. The van der Waals surface area contributed by atoms with E-state index in [-0.39, 0.29) is 12.5 Å². The Kier molecular flexibility index (Phi) is 9.03. The van der Waals surface area contributed by atoms with E-state index in [1.807, 2.05) is 19.0 Å². The molecular weight excluding hydrogens is 216 g/mol. The van der Waals surface area contributed by atoms with Crippen molar-refractivity contribution in [1.82, 2.24) is 14.7 Å². The van der Waals surface area contributed by atoms with Gasteiger partial charge >= 0.3 is 0 Å². The molecule has 0 saturated carbocycles. The summed E-state index contributed by atoms with van der Waals surface area (Å²) in [4.78, 5) is 17.9. The highest BCUT2D eigenvalue weighted by atomic mass is 16.2. The zero-order chi connectivity index (χ0) is 13.3. The van der Waals surface area contributed by atoms with Crippen LogP contribution in [0.1, 0.15) is 13.8 Å². The van der Waals surface area contributed by atoms with Crippen molar-refractivity contribution >= 4 is 5.91 Å². The lowest BCUT2D eigenvalue weighted by Crippen LogP contribution is -2.44. The van der Waals surface area contributed by atoms with Crippen LogP contribution in [0.2, 0.25) is 0 Å². The minimum atomic E-state index is 0.0407. The van der Waals surface area contributed by atoms with Crippen LogP contribution in [0.3, 0.4) is 0 Å². The third-order valence-electron chi connectivity index (χ3n) is 2.93. The van der Waals surface area contributed by atoms with Crippen LogP contribution in [0.4, 0.5) is 0 Å². The minimum absolute atomic E-state index is 0.0407. The Balaban J connectivity index is 4.14. The normalized spacial score (nSPS) is 11.2. The molecule has 17 heavy (non-hydrogen) atoms. The number of likely N-dealkylation sites (N-methyl/N-ethyl adjacent to an activating group) is 2. The molecular formula is C12H28N4O. The van der Waals surface area contributed by atoms with Crippen molar-refractivity contribution in [2.75, 3.05) is 59.9 Å². The molecule has 5 nitrogen and oxygen atoms in total. The van der Waals surface area contributed by atoms with Gasteiger partial charge in [0.2, 0.25) is 5.91 Å². The predicted octanol–water partition coefficient (Wildman–Crippen LogP) is -0.323. The van der Waals surface area contributed by atoms with Gasteiger partial charge in [0.1, 0.15) is 0 Å². The average Bonchev–Trinajstić information content (AvgIpc) is 2.32. The lowest BCUT2D eigenvalue weighted by molar-refractivity contribution is -0.130. The molecule has 5 heteroatoms. The fourth-order valence-corrected chi connectivity index (χ4v) is 1.61. The lowest BCUT2D eigenvalue weighted by Gasteiger charge is -2.27. The monoisotopic (exact) mass is 244 g/mol. The first-order valence-corrected chi connectivity index (χ1v) is 6.40. The summed E-state index contributed by atoms with van der Waals surface area (Å²) in [6, 6.07) is 0. The van der Waals surface area contributed by atoms with E-state index in [1.54, 1.807) is 0 Å². The topological polar surface area (TPSA) is 52.8 Å². The van der Waals surface area contributed by atoms with Gasteiger partial charge in [-0.15, -0.1) is 0 Å². The maximum Gasteiger partial charge on any atom is 0.236 e. The summed E-state index contributed by atoms with van der Waals surface area (Å²) in [7, 11) is 4.02. The highest BCUT2D eigenvalue weighted by Crippen LogP contribution is 1.94. The van der Waals surface area contributed by atoms with Gasteiger partial charge in [-0.25, -0.2) is 0 Å². The van der Waals surface area contributed by atoms with Gasteiger partial charge in [-0.05, 0) is 27.2 Å². The second-order valence-corrected chi connectivity index (χ2v) is 4.42. The fraction of sp³-hybridized carbons (Fsp3) is 0.917. The van der Waals surface area contributed by atoms with E-state index in [2.05, 4.69) is 23.6 Å². The molecule has 0 aliphatic carbocycles. The highest BCUT2D eigenvalue weighted by Gasteiger charge is 2.12. The summed E-state index contributed by atoms with van der Waals surface area (Å²) in [5.74, 6) is 0.0407. The van der Waals surface area contributed by atoms with Gasteiger partial charge < -0.3 is 20.4 Å². The van der Waals surface area contributed by atoms with Crippen LogP contribution < -0.4 is 5.73 Å². The second kappa shape index (κ2) is 9.39. The van der Waals surface area contributed by atoms with Crippen molar-refractivity contribution in [2.24, 2.45) is 5.73 Å². The quantitative estimate of drug-likeness (QED) is 0.604. The molecule has 0 aliphatic heterocycles. The molecule has 0 aromatic rings. The third kappa shape index (κ3) is 7.31. The molecule has 0 aromatic heterocycles. The Morgan fingerprint density at radius 3 is 1.94 bits per heavy atom. The number of hydrogen-bond donors (Lipinski definition) is 1. The van der Waals surface area contributed by atoms with Crippen molar-refractivity contribution < 1.29 is 4.79 Å². The minimum Gasteiger partial charge on any atom is -0.339 e. The van der Waals surface area contributed by atoms with Crippen LogP contribution in [0.15, 0.2) is 0 Å². The number of rotatable bonds is 9. The number of amides is 1. The van der Waals surface area contributed by atoms with Crippen LogP contribution in [-0.2, 0) is 4.79 Å². The van der Waals surface area contributed by atoms with Gasteiger partial charge in [0.25, 0.3) is 0 Å². The van der Waals surface area contributed by atoms with Crippen molar-refractivity contribution in [1.29, 1.82) is 0 Å². The number of nitrogens with zero attached hydrogens (tertiary/aromatic N) is 3. The Bertz CT molecular complexity index is 205. The molecule has 1 amide bonds. The van der Waals surface area contributed by atoms with Crippen molar-refractivity contribution in [3.05, 3.63) is 0 Å². The van der Waals surface area contributed by atoms with E-state index >= 15 is 0 Å². The zero-order valence-electron chi connectivity index (χ0n) is 11.8. The predicted molar refractivity (Wildman–Crippen MR) is 72.0 cm³/mol. The zero-order valence-corrected chi connectivity index (χ0v) is 11.8. The van der Waals surface area contributed by atoms with Crippen LogP contribution >= 0.6 is 0 Å². The molecule has 0 rings (SSSR count). The number of nitrogens with two attached hydrogens (primary N) is 1. The molecule has 0 atom stereocenters. The fourth-order valence-electron chi connectivity index (χ4n) is 1.61. The lowest BCUT2D eigenvalue weighted by atomic mass is 10.3. The SMILES string of the molecule is CCN(CC)CCN(CCN(C)C)C(=O)CN. The van der Waals surface area contributed by atoms with Crippen LogP contribution in [0, 0.1) is 0 Å². The summed E-state index contributed by atoms with van der Waals surface area (Å²) >= 11 is 0. The molecule has 0 fully saturated rings. The number of carbonyl (C=O) groups excluding carboxylic acids is 1. The summed E-state index contributed by atoms with van der Waals surface area (Å²) in [6.07, 6.45) is 0. The Hall–Kier alpha value is -0.650. The van der Waals surface area contributed by atoms with Crippen molar-refractivity contribution in [2.45, 2.75) is 13.8 Å². The summed E-state index contributed by atoms with van der Waals surface area (Å²) < 4.78 is 0. The number of hydrogen-bond acceptors (Lipinski definition) is 4. The molecule has 0 aromatic carbocycles. The van der Waals surface area contributed by atoms with Crippen LogP contribution in [0.25, 0.3) is 0 Å². The van der Waals surface area contributed by atoms with Gasteiger partial charge in [0.15, 0.2) is 0 Å². The first-order chi connectivity index (χ1) is 8.04. The van der Waals surface area contributed by atoms with E-state index in [1.165, 1.54) is 0 Å². The molecule has 0 heterocycles.